The maximum atomic E-state index is 13.4. The molecule has 2 aromatic carbocycles. The molecule has 0 radical (unpaired) electrons. The van der Waals surface area contributed by atoms with Gasteiger partial charge in [-0.15, -0.1) is 0 Å². The minimum atomic E-state index is -0.683. The summed E-state index contributed by atoms with van der Waals surface area (Å²) in [6, 6.07) is 16.5. The summed E-state index contributed by atoms with van der Waals surface area (Å²) in [5, 5.41) is 2.81. The summed E-state index contributed by atoms with van der Waals surface area (Å²) >= 11 is 0. The maximum Gasteiger partial charge on any atom is 0.270 e. The van der Waals surface area contributed by atoms with E-state index in [0.717, 1.165) is 29.5 Å². The molecule has 7 heteroatoms. The Kier molecular flexibility index (Phi) is 5.77. The third-order valence-electron chi connectivity index (χ3n) is 5.49. The number of nitrogens with one attached hydrogen (secondary N) is 1. The number of primary amides is 1. The number of nitrogens with two attached hydrogens (primary N) is 1. The number of pyridine rings is 1. The van der Waals surface area contributed by atoms with Crippen LogP contribution in [0.15, 0.2) is 66.9 Å². The van der Waals surface area contributed by atoms with Crippen molar-refractivity contribution in [3.63, 3.8) is 0 Å². The number of hydrogen-bond acceptors (Lipinski definition) is 4. The van der Waals surface area contributed by atoms with Crippen LogP contribution in [0, 0.1) is 5.82 Å². The normalized spacial score (nSPS) is 18.0. The molecule has 2 heterocycles. The zero-order chi connectivity index (χ0) is 21.8. The average molecular weight is 419 g/mol. The largest absolute Gasteiger partial charge is 0.366 e. The van der Waals surface area contributed by atoms with Gasteiger partial charge in [-0.25, -0.2) is 4.39 Å². The number of carbonyl (C=O) groups is 2. The molecule has 2 amide bonds. The van der Waals surface area contributed by atoms with Crippen molar-refractivity contribution in [3.8, 4) is 0 Å². The lowest BCUT2D eigenvalue weighted by atomic mass is 9.84. The van der Waals surface area contributed by atoms with E-state index < -0.39 is 11.5 Å². The van der Waals surface area contributed by atoms with Gasteiger partial charge in [0.25, 0.3) is 5.91 Å². The molecule has 0 spiro atoms. The lowest BCUT2D eigenvalue weighted by molar-refractivity contribution is 0.0356. The second-order valence-corrected chi connectivity index (χ2v) is 7.46. The van der Waals surface area contributed by atoms with Gasteiger partial charge in [0.1, 0.15) is 17.1 Å². The number of hydrogen-bond donors (Lipinski definition) is 2. The molecule has 1 aromatic heterocycles. The molecule has 1 saturated heterocycles. The first-order chi connectivity index (χ1) is 15.0. The second-order valence-electron chi connectivity index (χ2n) is 7.46. The maximum absolute atomic E-state index is 13.4. The van der Waals surface area contributed by atoms with Gasteiger partial charge in [0, 0.05) is 30.5 Å². The lowest BCUT2D eigenvalue weighted by Gasteiger charge is -2.29. The molecule has 1 unspecified atom stereocenters. The summed E-state index contributed by atoms with van der Waals surface area (Å²) in [4.78, 5) is 28.0. The summed E-state index contributed by atoms with van der Waals surface area (Å²) in [6.45, 7) is 0.901. The predicted octanol–water partition coefficient (Wildman–Crippen LogP) is 3.30. The minimum Gasteiger partial charge on any atom is -0.366 e. The summed E-state index contributed by atoms with van der Waals surface area (Å²) < 4.78 is 19.5. The third-order valence-corrected chi connectivity index (χ3v) is 5.49. The van der Waals surface area contributed by atoms with Crippen molar-refractivity contribution in [1.29, 1.82) is 0 Å². The van der Waals surface area contributed by atoms with Gasteiger partial charge in [0.2, 0.25) is 5.91 Å². The number of halogens is 1. The van der Waals surface area contributed by atoms with E-state index in [1.165, 1.54) is 12.1 Å². The number of benzene rings is 2. The number of ether oxygens (including phenoxy) is 1. The summed E-state index contributed by atoms with van der Waals surface area (Å²) in [5.74, 6) is -1.11. The molecule has 3 N–H and O–H groups in total. The molecule has 31 heavy (non-hydrogen) atoms. The molecule has 1 atom stereocenters. The fraction of sp³-hybridized carbons (Fsp3) is 0.208. The van der Waals surface area contributed by atoms with Crippen LogP contribution in [0.2, 0.25) is 0 Å². The zero-order valence-corrected chi connectivity index (χ0v) is 16.8. The Morgan fingerprint density at radius 3 is 2.32 bits per heavy atom. The molecule has 1 fully saturated rings. The fourth-order valence-corrected chi connectivity index (χ4v) is 3.81. The van der Waals surface area contributed by atoms with Crippen molar-refractivity contribution in [2.45, 2.75) is 25.0 Å². The van der Waals surface area contributed by atoms with Crippen LogP contribution in [0.25, 0.3) is 0 Å². The quantitative estimate of drug-likeness (QED) is 0.641. The van der Waals surface area contributed by atoms with Crippen molar-refractivity contribution in [2.24, 2.45) is 5.73 Å². The van der Waals surface area contributed by atoms with E-state index in [-0.39, 0.29) is 17.4 Å². The first kappa shape index (κ1) is 20.7. The Morgan fingerprint density at radius 1 is 1.03 bits per heavy atom. The van der Waals surface area contributed by atoms with Gasteiger partial charge in [0.05, 0.1) is 0 Å². The SMILES string of the molecule is NC(=O)c1ccc(CNC(=O)c2ccc(C3(c4ccc(F)cc4)CCCO3)cn2)cc1. The van der Waals surface area contributed by atoms with Crippen LogP contribution in [0.4, 0.5) is 4.39 Å². The van der Waals surface area contributed by atoms with Gasteiger partial charge in [-0.2, -0.15) is 0 Å². The summed E-state index contributed by atoms with van der Waals surface area (Å²) in [7, 11) is 0. The van der Waals surface area contributed by atoms with Gasteiger partial charge in [-0.05, 0) is 54.3 Å². The van der Waals surface area contributed by atoms with Crippen molar-refractivity contribution in [1.82, 2.24) is 10.3 Å². The van der Waals surface area contributed by atoms with Crippen LogP contribution < -0.4 is 11.1 Å². The number of nitrogens with zero attached hydrogens (tertiary/aromatic N) is 1. The lowest BCUT2D eigenvalue weighted by Crippen LogP contribution is -2.28. The van der Waals surface area contributed by atoms with Gasteiger partial charge in [-0.1, -0.05) is 30.3 Å². The van der Waals surface area contributed by atoms with Gasteiger partial charge in [-0.3, -0.25) is 14.6 Å². The Bertz CT molecular complexity index is 1070. The Balaban J connectivity index is 1.47. The van der Waals surface area contributed by atoms with Crippen molar-refractivity contribution in [3.05, 3.63) is 101 Å². The first-order valence-electron chi connectivity index (χ1n) is 10.0. The fourth-order valence-electron chi connectivity index (χ4n) is 3.81. The highest BCUT2D eigenvalue weighted by atomic mass is 19.1. The van der Waals surface area contributed by atoms with Gasteiger partial charge < -0.3 is 15.8 Å². The number of rotatable bonds is 6. The predicted molar refractivity (Wildman–Crippen MR) is 113 cm³/mol. The molecule has 1 aliphatic heterocycles. The summed E-state index contributed by atoms with van der Waals surface area (Å²) in [6.07, 6.45) is 3.28. The molecule has 0 saturated carbocycles. The Morgan fingerprint density at radius 2 is 1.74 bits per heavy atom. The molecule has 1 aliphatic rings. The molecular weight excluding hydrogens is 397 g/mol. The molecular formula is C24H22FN3O3. The summed E-state index contributed by atoms with van der Waals surface area (Å²) in [5.41, 5.74) is 7.77. The van der Waals surface area contributed by atoms with Gasteiger partial charge in [0.15, 0.2) is 0 Å². The van der Waals surface area contributed by atoms with Crippen LogP contribution >= 0.6 is 0 Å². The van der Waals surface area contributed by atoms with Crippen LogP contribution in [-0.4, -0.2) is 23.4 Å². The molecule has 158 valence electrons. The first-order valence-corrected chi connectivity index (χ1v) is 10.0. The minimum absolute atomic E-state index is 0.282. The average Bonchev–Trinajstić information content (AvgIpc) is 3.29. The third kappa shape index (κ3) is 4.32. The van der Waals surface area contributed by atoms with Crippen molar-refractivity contribution >= 4 is 11.8 Å². The van der Waals surface area contributed by atoms with Crippen LogP contribution in [0.1, 0.15) is 50.4 Å². The standard InChI is InChI=1S/C24H22FN3O3/c25-20-9-6-18(7-10-20)24(12-1-13-31-24)19-8-11-21(27-15-19)23(30)28-14-16-2-4-17(5-3-16)22(26)29/h2-11,15H,1,12-14H2,(H2,26,29)(H,28,30). The van der Waals surface area contributed by atoms with Crippen molar-refractivity contribution < 1.29 is 18.7 Å². The van der Waals surface area contributed by atoms with Crippen molar-refractivity contribution in [2.75, 3.05) is 6.61 Å². The number of amides is 2. The zero-order valence-electron chi connectivity index (χ0n) is 16.8. The Hall–Kier alpha value is -3.58. The van der Waals surface area contributed by atoms with E-state index in [9.17, 15) is 14.0 Å². The number of carbonyl (C=O) groups excluding carboxylic acids is 2. The van der Waals surface area contributed by atoms with E-state index in [1.54, 1.807) is 48.7 Å². The molecule has 3 aromatic rings. The smallest absolute Gasteiger partial charge is 0.270 e. The molecule has 0 aliphatic carbocycles. The highest BCUT2D eigenvalue weighted by Crippen LogP contribution is 2.42. The van der Waals surface area contributed by atoms with E-state index >= 15 is 0 Å². The molecule has 0 bridgehead atoms. The van der Waals surface area contributed by atoms with E-state index in [0.29, 0.717) is 18.7 Å². The topological polar surface area (TPSA) is 94.3 Å². The van der Waals surface area contributed by atoms with E-state index in [2.05, 4.69) is 10.3 Å². The molecule has 6 nitrogen and oxygen atoms in total. The Labute approximate surface area is 179 Å². The van der Waals surface area contributed by atoms with Crippen LogP contribution in [0.5, 0.6) is 0 Å². The highest BCUT2D eigenvalue weighted by Gasteiger charge is 2.39. The van der Waals surface area contributed by atoms with E-state index in [1.807, 2.05) is 6.07 Å². The van der Waals surface area contributed by atoms with E-state index in [4.69, 9.17) is 10.5 Å². The van der Waals surface area contributed by atoms with Gasteiger partial charge >= 0.3 is 0 Å². The highest BCUT2D eigenvalue weighted by molar-refractivity contribution is 5.93. The second kappa shape index (κ2) is 8.65. The number of aromatic nitrogens is 1. The van der Waals surface area contributed by atoms with Crippen LogP contribution in [-0.2, 0) is 16.9 Å². The van der Waals surface area contributed by atoms with Crippen LogP contribution in [0.3, 0.4) is 0 Å². The monoisotopic (exact) mass is 419 g/mol. The molecule has 4 rings (SSSR count).